The molecule has 0 amide bonds. The summed E-state index contributed by atoms with van der Waals surface area (Å²) in [6.45, 7) is 7.12. The fourth-order valence-electron chi connectivity index (χ4n) is 4.17. The number of rotatable bonds is 4. The number of nitrogen functional groups attached to an aromatic ring is 1. The van der Waals surface area contributed by atoms with Crippen molar-refractivity contribution in [2.75, 3.05) is 56.6 Å². The molecule has 3 heterocycles. The number of aliphatic hydroxyl groups is 1. The van der Waals surface area contributed by atoms with E-state index in [1.54, 1.807) is 0 Å². The highest BCUT2D eigenvalue weighted by atomic mass is 16.5. The van der Waals surface area contributed by atoms with Crippen LogP contribution < -0.4 is 10.6 Å². The van der Waals surface area contributed by atoms with Crippen molar-refractivity contribution in [1.82, 2.24) is 14.9 Å². The number of hydrogen-bond acceptors (Lipinski definition) is 7. The zero-order valence-electron chi connectivity index (χ0n) is 14.8. The Kier molecular flexibility index (Phi) is 5.05. The van der Waals surface area contributed by atoms with Crippen molar-refractivity contribution < 1.29 is 9.84 Å². The van der Waals surface area contributed by atoms with E-state index in [0.717, 1.165) is 69.7 Å². The molecule has 0 spiro atoms. The average molecular weight is 347 g/mol. The third-order valence-electron chi connectivity index (χ3n) is 5.84. The standard InChI is InChI=1S/C18H29N5O2/c19-18-20-16(14-9-15(24)10-14)11-17(21-18)23-3-1-13(2-4-23)12-22-5-7-25-8-6-22/h11,13-15,24H,1-10,12H2,(H2,19,20,21). The lowest BCUT2D eigenvalue weighted by molar-refractivity contribution is 0.0289. The second kappa shape index (κ2) is 7.43. The van der Waals surface area contributed by atoms with E-state index in [1.807, 2.05) is 0 Å². The molecular formula is C18H29N5O2. The van der Waals surface area contributed by atoms with Crippen LogP contribution in [-0.2, 0) is 4.74 Å². The Bertz CT molecular complexity index is 579. The van der Waals surface area contributed by atoms with Gasteiger partial charge in [-0.25, -0.2) is 4.98 Å². The second-order valence-corrected chi connectivity index (χ2v) is 7.67. The smallest absolute Gasteiger partial charge is 0.222 e. The van der Waals surface area contributed by atoms with Crippen LogP contribution in [0.5, 0.6) is 0 Å². The molecule has 1 saturated carbocycles. The van der Waals surface area contributed by atoms with Crippen molar-refractivity contribution in [3.8, 4) is 0 Å². The number of anilines is 2. The van der Waals surface area contributed by atoms with Crippen LogP contribution in [0.15, 0.2) is 6.07 Å². The predicted octanol–water partition coefficient (Wildman–Crippen LogP) is 0.846. The minimum absolute atomic E-state index is 0.180. The molecule has 1 aromatic rings. The molecule has 0 aromatic carbocycles. The van der Waals surface area contributed by atoms with Gasteiger partial charge in [0.1, 0.15) is 5.82 Å². The summed E-state index contributed by atoms with van der Waals surface area (Å²) in [5, 5.41) is 9.53. The minimum Gasteiger partial charge on any atom is -0.393 e. The number of nitrogens with zero attached hydrogens (tertiary/aromatic N) is 4. The summed E-state index contributed by atoms with van der Waals surface area (Å²) in [4.78, 5) is 13.7. The number of morpholine rings is 1. The first-order chi connectivity index (χ1) is 12.2. The third kappa shape index (κ3) is 4.04. The highest BCUT2D eigenvalue weighted by Crippen LogP contribution is 2.37. The molecule has 1 aromatic heterocycles. The molecule has 7 heteroatoms. The molecular weight excluding hydrogens is 318 g/mol. The van der Waals surface area contributed by atoms with Crippen LogP contribution in [0.3, 0.4) is 0 Å². The SMILES string of the molecule is Nc1nc(C2CC(O)C2)cc(N2CCC(CN3CCOCC3)CC2)n1. The highest BCUT2D eigenvalue weighted by molar-refractivity contribution is 5.45. The van der Waals surface area contributed by atoms with Gasteiger partial charge in [-0.05, 0) is 31.6 Å². The first kappa shape index (κ1) is 17.0. The first-order valence-corrected chi connectivity index (χ1v) is 9.55. The van der Waals surface area contributed by atoms with Crippen LogP contribution in [0, 0.1) is 5.92 Å². The van der Waals surface area contributed by atoms with E-state index in [4.69, 9.17) is 10.5 Å². The van der Waals surface area contributed by atoms with Gasteiger partial charge in [0.25, 0.3) is 0 Å². The molecule has 25 heavy (non-hydrogen) atoms. The van der Waals surface area contributed by atoms with Crippen molar-refractivity contribution in [3.63, 3.8) is 0 Å². The molecule has 0 bridgehead atoms. The van der Waals surface area contributed by atoms with Gasteiger partial charge in [-0.2, -0.15) is 4.98 Å². The topological polar surface area (TPSA) is 87.7 Å². The lowest BCUT2D eigenvalue weighted by Crippen LogP contribution is -2.43. The predicted molar refractivity (Wildman–Crippen MR) is 96.6 cm³/mol. The zero-order valence-corrected chi connectivity index (χ0v) is 14.8. The molecule has 0 atom stereocenters. The van der Waals surface area contributed by atoms with Crippen LogP contribution >= 0.6 is 0 Å². The number of aromatic nitrogens is 2. The van der Waals surface area contributed by atoms with Crippen LogP contribution in [0.25, 0.3) is 0 Å². The summed E-state index contributed by atoms with van der Waals surface area (Å²) in [5.41, 5.74) is 6.93. The molecule has 3 fully saturated rings. The molecule has 2 aliphatic heterocycles. The van der Waals surface area contributed by atoms with Crippen molar-refractivity contribution in [2.45, 2.75) is 37.7 Å². The maximum atomic E-state index is 9.53. The van der Waals surface area contributed by atoms with E-state index in [2.05, 4.69) is 25.8 Å². The second-order valence-electron chi connectivity index (χ2n) is 7.67. The highest BCUT2D eigenvalue weighted by Gasteiger charge is 2.31. The van der Waals surface area contributed by atoms with Crippen LogP contribution in [-0.4, -0.2) is 72.0 Å². The lowest BCUT2D eigenvalue weighted by Gasteiger charge is -2.37. The monoisotopic (exact) mass is 347 g/mol. The van der Waals surface area contributed by atoms with Crippen LogP contribution in [0.4, 0.5) is 11.8 Å². The number of hydrogen-bond donors (Lipinski definition) is 2. The zero-order chi connectivity index (χ0) is 17.2. The van der Waals surface area contributed by atoms with Gasteiger partial charge in [0.2, 0.25) is 5.95 Å². The summed E-state index contributed by atoms with van der Waals surface area (Å²) >= 11 is 0. The molecule has 138 valence electrons. The Morgan fingerprint density at radius 1 is 1.12 bits per heavy atom. The van der Waals surface area contributed by atoms with Gasteiger partial charge >= 0.3 is 0 Å². The minimum atomic E-state index is -0.180. The summed E-state index contributed by atoms with van der Waals surface area (Å²) in [6, 6.07) is 2.08. The van der Waals surface area contributed by atoms with Gasteiger partial charge < -0.3 is 20.5 Å². The maximum absolute atomic E-state index is 9.53. The van der Waals surface area contributed by atoms with E-state index in [-0.39, 0.29) is 6.10 Å². The Morgan fingerprint density at radius 3 is 2.52 bits per heavy atom. The number of aliphatic hydroxyl groups excluding tert-OH is 1. The van der Waals surface area contributed by atoms with Gasteiger partial charge in [-0.15, -0.1) is 0 Å². The Hall–Kier alpha value is -1.44. The maximum Gasteiger partial charge on any atom is 0.222 e. The average Bonchev–Trinajstić information content (AvgIpc) is 2.60. The normalized spacial score (nSPS) is 28.8. The van der Waals surface area contributed by atoms with E-state index in [0.29, 0.717) is 11.9 Å². The van der Waals surface area contributed by atoms with E-state index in [1.165, 1.54) is 19.4 Å². The van der Waals surface area contributed by atoms with Gasteiger partial charge in [0, 0.05) is 44.7 Å². The molecule has 3 aliphatic rings. The molecule has 7 nitrogen and oxygen atoms in total. The molecule has 1 aliphatic carbocycles. The Morgan fingerprint density at radius 2 is 1.84 bits per heavy atom. The van der Waals surface area contributed by atoms with Gasteiger partial charge in [0.15, 0.2) is 0 Å². The summed E-state index contributed by atoms with van der Waals surface area (Å²) in [6.07, 6.45) is 3.78. The van der Waals surface area contributed by atoms with Gasteiger partial charge in [-0.1, -0.05) is 0 Å². The Balaban J connectivity index is 1.34. The van der Waals surface area contributed by atoms with E-state index in [9.17, 15) is 5.11 Å². The third-order valence-corrected chi connectivity index (χ3v) is 5.84. The molecule has 0 radical (unpaired) electrons. The summed E-state index contributed by atoms with van der Waals surface area (Å²) < 4.78 is 5.43. The Labute approximate surface area is 149 Å². The number of nitrogens with two attached hydrogens (primary N) is 1. The number of ether oxygens (including phenoxy) is 1. The molecule has 3 N–H and O–H groups in total. The van der Waals surface area contributed by atoms with Crippen molar-refractivity contribution in [3.05, 3.63) is 11.8 Å². The number of piperidine rings is 1. The largest absolute Gasteiger partial charge is 0.393 e. The van der Waals surface area contributed by atoms with Crippen molar-refractivity contribution in [2.24, 2.45) is 5.92 Å². The van der Waals surface area contributed by atoms with Crippen molar-refractivity contribution >= 4 is 11.8 Å². The van der Waals surface area contributed by atoms with Crippen molar-refractivity contribution in [1.29, 1.82) is 0 Å². The van der Waals surface area contributed by atoms with E-state index < -0.39 is 0 Å². The van der Waals surface area contributed by atoms with Gasteiger partial charge in [0.05, 0.1) is 25.0 Å². The van der Waals surface area contributed by atoms with Crippen LogP contribution in [0.1, 0.15) is 37.3 Å². The summed E-state index contributed by atoms with van der Waals surface area (Å²) in [5.74, 6) is 2.39. The quantitative estimate of drug-likeness (QED) is 0.835. The molecule has 2 saturated heterocycles. The molecule has 4 rings (SSSR count). The van der Waals surface area contributed by atoms with Gasteiger partial charge in [-0.3, -0.25) is 4.90 Å². The van der Waals surface area contributed by atoms with E-state index >= 15 is 0 Å². The lowest BCUT2D eigenvalue weighted by atomic mass is 9.80. The fraction of sp³-hybridized carbons (Fsp3) is 0.778. The van der Waals surface area contributed by atoms with Crippen LogP contribution in [0.2, 0.25) is 0 Å². The fourth-order valence-corrected chi connectivity index (χ4v) is 4.17. The molecule has 0 unspecified atom stereocenters. The first-order valence-electron chi connectivity index (χ1n) is 9.55. The summed E-state index contributed by atoms with van der Waals surface area (Å²) in [7, 11) is 0.